The zero-order valence-corrected chi connectivity index (χ0v) is 7.65. The van der Waals surface area contributed by atoms with E-state index >= 15 is 0 Å². The van der Waals surface area contributed by atoms with Crippen molar-refractivity contribution in [1.29, 1.82) is 0 Å². The van der Waals surface area contributed by atoms with Crippen LogP contribution in [-0.4, -0.2) is 17.5 Å². The zero-order valence-electron chi connectivity index (χ0n) is 7.65. The van der Waals surface area contributed by atoms with Gasteiger partial charge in [-0.1, -0.05) is 13.5 Å². The minimum atomic E-state index is 0.641. The summed E-state index contributed by atoms with van der Waals surface area (Å²) in [6.45, 7) is 13.7. The number of allylic oxidation sites excluding steroid dienone is 1. The maximum atomic E-state index is 3.92. The fraction of sp³-hybridized carbons (Fsp3) is 0.778. The number of rotatable bonds is 4. The molecule has 1 nitrogen and oxygen atoms in total. The van der Waals surface area contributed by atoms with Crippen LogP contribution in [0.1, 0.15) is 34.1 Å². The summed E-state index contributed by atoms with van der Waals surface area (Å²) in [6, 6.07) is 0.641. The summed E-state index contributed by atoms with van der Waals surface area (Å²) >= 11 is 0. The molecule has 0 aromatic carbocycles. The monoisotopic (exact) mass is 141 g/mol. The Bertz CT molecular complexity index is 107. The SMILES string of the molecule is C=C(C)N(CC)C(C)CC. The molecule has 0 amide bonds. The highest BCUT2D eigenvalue weighted by Gasteiger charge is 2.07. The molecule has 0 N–H and O–H groups in total. The molecule has 0 heterocycles. The van der Waals surface area contributed by atoms with E-state index < -0.39 is 0 Å². The third-order valence-corrected chi connectivity index (χ3v) is 1.95. The second kappa shape index (κ2) is 4.37. The Morgan fingerprint density at radius 1 is 1.50 bits per heavy atom. The van der Waals surface area contributed by atoms with Crippen molar-refractivity contribution in [2.24, 2.45) is 0 Å². The van der Waals surface area contributed by atoms with Gasteiger partial charge in [0.25, 0.3) is 0 Å². The van der Waals surface area contributed by atoms with E-state index in [0.717, 1.165) is 6.54 Å². The second-order valence-corrected chi connectivity index (χ2v) is 2.78. The highest BCUT2D eigenvalue weighted by atomic mass is 15.1. The summed E-state index contributed by atoms with van der Waals surface area (Å²) in [5.41, 5.74) is 1.18. The third-order valence-electron chi connectivity index (χ3n) is 1.95. The van der Waals surface area contributed by atoms with E-state index in [1.54, 1.807) is 0 Å². The largest absolute Gasteiger partial charge is 0.373 e. The van der Waals surface area contributed by atoms with Gasteiger partial charge in [0.05, 0.1) is 0 Å². The van der Waals surface area contributed by atoms with E-state index in [2.05, 4.69) is 39.2 Å². The lowest BCUT2D eigenvalue weighted by atomic mass is 10.2. The molecule has 60 valence electrons. The summed E-state index contributed by atoms with van der Waals surface area (Å²) in [5, 5.41) is 0. The van der Waals surface area contributed by atoms with Crippen molar-refractivity contribution in [3.05, 3.63) is 12.3 Å². The van der Waals surface area contributed by atoms with Crippen LogP contribution < -0.4 is 0 Å². The van der Waals surface area contributed by atoms with Crippen LogP contribution >= 0.6 is 0 Å². The van der Waals surface area contributed by atoms with E-state index in [1.807, 2.05) is 0 Å². The third kappa shape index (κ3) is 2.42. The van der Waals surface area contributed by atoms with Gasteiger partial charge in [-0.3, -0.25) is 0 Å². The first kappa shape index (κ1) is 9.54. The van der Waals surface area contributed by atoms with E-state index in [0.29, 0.717) is 6.04 Å². The van der Waals surface area contributed by atoms with Gasteiger partial charge in [-0.15, -0.1) is 0 Å². The highest BCUT2D eigenvalue weighted by Crippen LogP contribution is 2.08. The van der Waals surface area contributed by atoms with Gasteiger partial charge in [0, 0.05) is 18.3 Å². The van der Waals surface area contributed by atoms with Crippen LogP contribution in [0, 0.1) is 0 Å². The smallest absolute Gasteiger partial charge is 0.0255 e. The molecule has 0 aliphatic rings. The molecule has 0 rings (SSSR count). The number of hydrogen-bond acceptors (Lipinski definition) is 1. The molecule has 10 heavy (non-hydrogen) atoms. The van der Waals surface area contributed by atoms with Crippen molar-refractivity contribution in [3.63, 3.8) is 0 Å². The van der Waals surface area contributed by atoms with Crippen LogP contribution in [-0.2, 0) is 0 Å². The summed E-state index contributed by atoms with van der Waals surface area (Å²) in [6.07, 6.45) is 1.20. The first-order chi connectivity index (χ1) is 4.63. The molecule has 0 spiro atoms. The molecule has 0 aliphatic heterocycles. The fourth-order valence-corrected chi connectivity index (χ4v) is 1.18. The van der Waals surface area contributed by atoms with Gasteiger partial charge in [0.15, 0.2) is 0 Å². The maximum absolute atomic E-state index is 3.92. The summed E-state index contributed by atoms with van der Waals surface area (Å²) < 4.78 is 0. The van der Waals surface area contributed by atoms with Gasteiger partial charge < -0.3 is 4.90 Å². The molecule has 1 unspecified atom stereocenters. The average Bonchev–Trinajstić information content (AvgIpc) is 1.88. The summed E-state index contributed by atoms with van der Waals surface area (Å²) in [5.74, 6) is 0. The molecule has 0 saturated heterocycles. The van der Waals surface area contributed by atoms with Crippen molar-refractivity contribution in [1.82, 2.24) is 4.90 Å². The molecule has 0 bridgehead atoms. The first-order valence-corrected chi connectivity index (χ1v) is 4.05. The Balaban J connectivity index is 3.92. The van der Waals surface area contributed by atoms with Gasteiger partial charge in [-0.05, 0) is 27.2 Å². The predicted molar refractivity (Wildman–Crippen MR) is 46.9 cm³/mol. The molecule has 0 saturated carbocycles. The number of nitrogens with zero attached hydrogens (tertiary/aromatic N) is 1. The van der Waals surface area contributed by atoms with Crippen LogP contribution in [0.25, 0.3) is 0 Å². The molecular weight excluding hydrogens is 122 g/mol. The molecule has 0 aliphatic carbocycles. The van der Waals surface area contributed by atoms with Crippen LogP contribution in [0.2, 0.25) is 0 Å². The van der Waals surface area contributed by atoms with Gasteiger partial charge in [0.1, 0.15) is 0 Å². The van der Waals surface area contributed by atoms with Gasteiger partial charge >= 0.3 is 0 Å². The van der Waals surface area contributed by atoms with E-state index in [1.165, 1.54) is 12.1 Å². The maximum Gasteiger partial charge on any atom is 0.0255 e. The van der Waals surface area contributed by atoms with E-state index in [-0.39, 0.29) is 0 Å². The Labute approximate surface area is 64.7 Å². The van der Waals surface area contributed by atoms with E-state index in [9.17, 15) is 0 Å². The molecular formula is C9H19N. The van der Waals surface area contributed by atoms with Gasteiger partial charge in [0.2, 0.25) is 0 Å². The van der Waals surface area contributed by atoms with Crippen molar-refractivity contribution >= 4 is 0 Å². The van der Waals surface area contributed by atoms with Gasteiger partial charge in [-0.2, -0.15) is 0 Å². The van der Waals surface area contributed by atoms with Crippen LogP contribution in [0.5, 0.6) is 0 Å². The van der Waals surface area contributed by atoms with Crippen LogP contribution in [0.15, 0.2) is 12.3 Å². The molecule has 0 fully saturated rings. The molecule has 0 aromatic heterocycles. The summed E-state index contributed by atoms with van der Waals surface area (Å²) in [4.78, 5) is 2.32. The average molecular weight is 141 g/mol. The highest BCUT2D eigenvalue weighted by molar-refractivity contribution is 4.90. The lowest BCUT2D eigenvalue weighted by Crippen LogP contribution is -2.30. The van der Waals surface area contributed by atoms with Crippen molar-refractivity contribution in [3.8, 4) is 0 Å². The lowest BCUT2D eigenvalue weighted by Gasteiger charge is -2.29. The molecule has 1 atom stereocenters. The topological polar surface area (TPSA) is 3.24 Å². The second-order valence-electron chi connectivity index (χ2n) is 2.78. The van der Waals surface area contributed by atoms with Crippen LogP contribution in [0.4, 0.5) is 0 Å². The fourth-order valence-electron chi connectivity index (χ4n) is 1.18. The first-order valence-electron chi connectivity index (χ1n) is 4.05. The lowest BCUT2D eigenvalue weighted by molar-refractivity contribution is 0.276. The zero-order chi connectivity index (χ0) is 8.15. The Morgan fingerprint density at radius 2 is 2.00 bits per heavy atom. The standard InChI is InChI=1S/C9H19N/c1-6-9(5)10(7-2)8(3)4/h9H,3,6-7H2,1-2,4-5H3. The molecule has 0 radical (unpaired) electrons. The van der Waals surface area contributed by atoms with Crippen molar-refractivity contribution < 1.29 is 0 Å². The molecule has 1 heteroatoms. The Kier molecular flexibility index (Phi) is 4.17. The van der Waals surface area contributed by atoms with Gasteiger partial charge in [-0.25, -0.2) is 0 Å². The minimum Gasteiger partial charge on any atom is -0.373 e. The normalized spacial score (nSPS) is 12.8. The predicted octanol–water partition coefficient (Wildman–Crippen LogP) is 2.64. The van der Waals surface area contributed by atoms with Crippen molar-refractivity contribution in [2.45, 2.75) is 40.2 Å². The quantitative estimate of drug-likeness (QED) is 0.581. The van der Waals surface area contributed by atoms with Crippen LogP contribution in [0.3, 0.4) is 0 Å². The number of hydrogen-bond donors (Lipinski definition) is 0. The summed E-state index contributed by atoms with van der Waals surface area (Å²) in [7, 11) is 0. The Morgan fingerprint density at radius 3 is 2.10 bits per heavy atom. The minimum absolute atomic E-state index is 0.641. The molecule has 0 aromatic rings. The van der Waals surface area contributed by atoms with E-state index in [4.69, 9.17) is 0 Å². The Hall–Kier alpha value is -0.460. The van der Waals surface area contributed by atoms with Crippen molar-refractivity contribution in [2.75, 3.05) is 6.54 Å².